The number of carbonyl (C=O) groups excluding carboxylic acids is 1. The molecule has 1 aromatic heterocycles. The summed E-state index contributed by atoms with van der Waals surface area (Å²) in [6, 6.07) is 5.08. The second-order valence-electron chi connectivity index (χ2n) is 7.95. The highest BCUT2D eigenvalue weighted by Crippen LogP contribution is 2.23. The minimum absolute atomic E-state index is 0.00903. The van der Waals surface area contributed by atoms with Gasteiger partial charge in [-0.25, -0.2) is 4.98 Å². The molecule has 0 aliphatic carbocycles. The van der Waals surface area contributed by atoms with Crippen LogP contribution < -0.4 is 5.56 Å². The Bertz CT molecular complexity index is 982. The Morgan fingerprint density at radius 2 is 2.07 bits per heavy atom. The largest absolute Gasteiger partial charge is 0.376 e. The molecule has 4 rings (SSSR count). The molecule has 1 aromatic carbocycles. The summed E-state index contributed by atoms with van der Waals surface area (Å²) in [6.45, 7) is 6.24. The van der Waals surface area contributed by atoms with Crippen molar-refractivity contribution in [2.45, 2.75) is 56.7 Å². The predicted octanol–water partition coefficient (Wildman–Crippen LogP) is 2.96. The van der Waals surface area contributed by atoms with Crippen molar-refractivity contribution in [1.29, 1.82) is 0 Å². The Balaban J connectivity index is 1.59. The van der Waals surface area contributed by atoms with Gasteiger partial charge in [0.1, 0.15) is 0 Å². The highest BCUT2D eigenvalue weighted by Gasteiger charge is 2.27. The van der Waals surface area contributed by atoms with Crippen LogP contribution in [0.5, 0.6) is 0 Å². The lowest BCUT2D eigenvalue weighted by Crippen LogP contribution is -2.48. The van der Waals surface area contributed by atoms with E-state index in [-0.39, 0.29) is 35.5 Å². The third-order valence-electron chi connectivity index (χ3n) is 5.39. The maximum absolute atomic E-state index is 13.2. The van der Waals surface area contributed by atoms with E-state index >= 15 is 0 Å². The Hall–Kier alpha value is -1.61. The number of hydrogen-bond donors (Lipinski definition) is 0. The molecule has 0 spiro atoms. The molecule has 2 aliphatic rings. The molecule has 0 saturated carbocycles. The maximum Gasteiger partial charge on any atom is 0.262 e. The van der Waals surface area contributed by atoms with Crippen LogP contribution in [0, 0.1) is 0 Å². The lowest BCUT2D eigenvalue weighted by atomic mass is 10.2. The van der Waals surface area contributed by atoms with Crippen molar-refractivity contribution in [2.75, 3.05) is 25.4 Å². The molecule has 2 aliphatic heterocycles. The van der Waals surface area contributed by atoms with Crippen LogP contribution in [0.2, 0.25) is 5.02 Å². The number of morpholine rings is 1. The molecule has 3 unspecified atom stereocenters. The van der Waals surface area contributed by atoms with Crippen molar-refractivity contribution in [3.05, 3.63) is 33.6 Å². The van der Waals surface area contributed by atoms with Gasteiger partial charge in [-0.1, -0.05) is 23.4 Å². The lowest BCUT2D eigenvalue weighted by Gasteiger charge is -2.35. The van der Waals surface area contributed by atoms with E-state index in [2.05, 4.69) is 4.98 Å². The Kier molecular flexibility index (Phi) is 6.67. The summed E-state index contributed by atoms with van der Waals surface area (Å²) in [5.74, 6) is 0.231. The minimum atomic E-state index is -0.129. The van der Waals surface area contributed by atoms with Crippen LogP contribution in [0.1, 0.15) is 26.7 Å². The summed E-state index contributed by atoms with van der Waals surface area (Å²) >= 11 is 7.40. The standard InChI is InChI=1S/C21H26ClN3O4S/c1-13-9-24(10-14(2)29-13)19(26)12-30-21-23-18-8-15(22)5-6-17(18)20(27)25(21)11-16-4-3-7-28-16/h5-6,8,13-14,16H,3-4,7,9-12H2,1-2H3. The first-order chi connectivity index (χ1) is 14.4. The molecular formula is C21H26ClN3O4S. The predicted molar refractivity (Wildman–Crippen MR) is 117 cm³/mol. The Labute approximate surface area is 184 Å². The monoisotopic (exact) mass is 451 g/mol. The fraction of sp³-hybridized carbons (Fsp3) is 0.571. The number of carbonyl (C=O) groups is 1. The van der Waals surface area contributed by atoms with Crippen LogP contribution in [0.25, 0.3) is 10.9 Å². The van der Waals surface area contributed by atoms with Gasteiger partial charge in [-0.3, -0.25) is 14.2 Å². The number of aromatic nitrogens is 2. The van der Waals surface area contributed by atoms with E-state index in [1.54, 1.807) is 22.8 Å². The average molecular weight is 452 g/mol. The van der Waals surface area contributed by atoms with E-state index in [4.69, 9.17) is 21.1 Å². The topological polar surface area (TPSA) is 73.7 Å². The van der Waals surface area contributed by atoms with E-state index in [0.717, 1.165) is 12.8 Å². The van der Waals surface area contributed by atoms with Crippen molar-refractivity contribution >= 4 is 40.2 Å². The summed E-state index contributed by atoms with van der Waals surface area (Å²) in [5, 5.41) is 1.56. The van der Waals surface area contributed by atoms with Crippen LogP contribution in [-0.4, -0.2) is 64.1 Å². The first-order valence-electron chi connectivity index (χ1n) is 10.3. The number of nitrogens with zero attached hydrogens (tertiary/aromatic N) is 3. The zero-order chi connectivity index (χ0) is 21.3. The van der Waals surface area contributed by atoms with Crippen LogP contribution in [0.15, 0.2) is 28.2 Å². The molecule has 0 bridgehead atoms. The molecule has 162 valence electrons. The van der Waals surface area contributed by atoms with E-state index < -0.39 is 0 Å². The normalized spacial score (nSPS) is 24.5. The van der Waals surface area contributed by atoms with Crippen molar-refractivity contribution in [3.63, 3.8) is 0 Å². The third-order valence-corrected chi connectivity index (χ3v) is 6.59. The molecule has 3 heterocycles. The summed E-state index contributed by atoms with van der Waals surface area (Å²) in [6.07, 6.45) is 1.93. The lowest BCUT2D eigenvalue weighted by molar-refractivity contribution is -0.140. The fourth-order valence-corrected chi connectivity index (χ4v) is 5.11. The van der Waals surface area contributed by atoms with Gasteiger partial charge in [0.05, 0.1) is 41.5 Å². The van der Waals surface area contributed by atoms with Gasteiger partial charge < -0.3 is 14.4 Å². The third kappa shape index (κ3) is 4.82. The van der Waals surface area contributed by atoms with Crippen molar-refractivity contribution in [1.82, 2.24) is 14.5 Å². The molecular weight excluding hydrogens is 426 g/mol. The Morgan fingerprint density at radius 3 is 2.77 bits per heavy atom. The number of benzene rings is 1. The van der Waals surface area contributed by atoms with E-state index in [9.17, 15) is 9.59 Å². The number of thioether (sulfide) groups is 1. The van der Waals surface area contributed by atoms with Crippen molar-refractivity contribution in [2.24, 2.45) is 0 Å². The van der Waals surface area contributed by atoms with E-state index in [1.165, 1.54) is 11.8 Å². The van der Waals surface area contributed by atoms with Gasteiger partial charge in [0.25, 0.3) is 5.56 Å². The highest BCUT2D eigenvalue weighted by molar-refractivity contribution is 7.99. The minimum Gasteiger partial charge on any atom is -0.376 e. The van der Waals surface area contributed by atoms with Gasteiger partial charge in [0.15, 0.2) is 5.16 Å². The number of hydrogen-bond acceptors (Lipinski definition) is 6. The van der Waals surface area contributed by atoms with Crippen molar-refractivity contribution in [3.8, 4) is 0 Å². The summed E-state index contributed by atoms with van der Waals surface area (Å²) in [5.41, 5.74) is 0.412. The zero-order valence-electron chi connectivity index (χ0n) is 17.2. The molecule has 0 radical (unpaired) electrons. The van der Waals surface area contributed by atoms with E-state index in [0.29, 0.717) is 47.3 Å². The van der Waals surface area contributed by atoms with Gasteiger partial charge in [-0.2, -0.15) is 0 Å². The molecule has 7 nitrogen and oxygen atoms in total. The van der Waals surface area contributed by atoms with Crippen LogP contribution >= 0.6 is 23.4 Å². The summed E-state index contributed by atoms with van der Waals surface area (Å²) in [7, 11) is 0. The molecule has 9 heteroatoms. The van der Waals surface area contributed by atoms with Crippen LogP contribution in [0.3, 0.4) is 0 Å². The van der Waals surface area contributed by atoms with Gasteiger partial charge in [0.2, 0.25) is 5.91 Å². The number of rotatable bonds is 5. The smallest absolute Gasteiger partial charge is 0.262 e. The summed E-state index contributed by atoms with van der Waals surface area (Å²) in [4.78, 5) is 32.5. The molecule has 2 aromatic rings. The first-order valence-corrected chi connectivity index (χ1v) is 11.6. The van der Waals surface area contributed by atoms with Crippen LogP contribution in [-0.2, 0) is 20.8 Å². The fourth-order valence-electron chi connectivity index (χ4n) is 4.04. The Morgan fingerprint density at radius 1 is 1.30 bits per heavy atom. The molecule has 30 heavy (non-hydrogen) atoms. The molecule has 0 N–H and O–H groups in total. The maximum atomic E-state index is 13.2. The number of ether oxygens (including phenoxy) is 2. The quantitative estimate of drug-likeness (QED) is 0.514. The van der Waals surface area contributed by atoms with E-state index in [1.807, 2.05) is 18.7 Å². The molecule has 2 saturated heterocycles. The molecule has 1 amide bonds. The van der Waals surface area contributed by atoms with Gasteiger partial charge in [-0.15, -0.1) is 0 Å². The number of amides is 1. The van der Waals surface area contributed by atoms with Gasteiger partial charge in [-0.05, 0) is 44.9 Å². The molecule has 2 fully saturated rings. The second-order valence-corrected chi connectivity index (χ2v) is 9.33. The van der Waals surface area contributed by atoms with Crippen LogP contribution in [0.4, 0.5) is 0 Å². The van der Waals surface area contributed by atoms with Gasteiger partial charge >= 0.3 is 0 Å². The second kappa shape index (κ2) is 9.26. The number of fused-ring (bicyclic) bond motifs is 1. The average Bonchev–Trinajstić information content (AvgIpc) is 3.21. The first kappa shape index (κ1) is 21.6. The van der Waals surface area contributed by atoms with Crippen molar-refractivity contribution < 1.29 is 14.3 Å². The number of halogens is 1. The SMILES string of the molecule is CC1CN(C(=O)CSc2nc3cc(Cl)ccc3c(=O)n2CC2CCCO2)CC(C)O1. The highest BCUT2D eigenvalue weighted by atomic mass is 35.5. The molecule has 3 atom stereocenters. The summed E-state index contributed by atoms with van der Waals surface area (Å²) < 4.78 is 13.1. The van der Waals surface area contributed by atoms with Gasteiger partial charge in [0, 0.05) is 24.7 Å². The zero-order valence-corrected chi connectivity index (χ0v) is 18.7.